The quantitative estimate of drug-likeness (QED) is 0.496. The molecule has 0 amide bonds. The van der Waals surface area contributed by atoms with Crippen molar-refractivity contribution in [2.24, 2.45) is 0 Å². The van der Waals surface area contributed by atoms with Crippen molar-refractivity contribution < 1.29 is 4.52 Å². The van der Waals surface area contributed by atoms with Crippen LogP contribution in [0.15, 0.2) is 69.7 Å². The average Bonchev–Trinajstić information content (AvgIpc) is 2.97. The Morgan fingerprint density at radius 2 is 1.79 bits per heavy atom. The Bertz CT molecular complexity index is 819. The van der Waals surface area contributed by atoms with Crippen LogP contribution in [0.5, 0.6) is 0 Å². The van der Waals surface area contributed by atoms with E-state index in [1.807, 2.05) is 31.2 Å². The van der Waals surface area contributed by atoms with Gasteiger partial charge in [0.1, 0.15) is 0 Å². The molecular weight excluding hydrogens is 362 g/mol. The molecule has 1 heterocycles. The van der Waals surface area contributed by atoms with Gasteiger partial charge in [0.25, 0.3) is 0 Å². The molecule has 2 nitrogen and oxygen atoms in total. The highest BCUT2D eigenvalue weighted by Crippen LogP contribution is 2.29. The van der Waals surface area contributed by atoms with E-state index in [4.69, 9.17) is 4.52 Å². The topological polar surface area (TPSA) is 26.0 Å². The van der Waals surface area contributed by atoms with Crippen LogP contribution >= 0.6 is 15.9 Å². The van der Waals surface area contributed by atoms with Crippen molar-refractivity contribution in [3.63, 3.8) is 0 Å². The van der Waals surface area contributed by atoms with E-state index in [0.29, 0.717) is 5.92 Å². The summed E-state index contributed by atoms with van der Waals surface area (Å²) in [5.41, 5.74) is 4.36. The first kappa shape index (κ1) is 16.7. The fraction of sp³-hybridized carbons (Fsp3) is 0.190. The first-order chi connectivity index (χ1) is 11.6. The Hall–Kier alpha value is -2.13. The molecule has 2 aromatic carbocycles. The normalized spacial score (nSPS) is 12.6. The molecule has 3 heteroatoms. The van der Waals surface area contributed by atoms with Gasteiger partial charge in [0, 0.05) is 15.6 Å². The first-order valence-electron chi connectivity index (χ1n) is 8.09. The number of allylic oxidation sites excluding steroid dienone is 1. The number of aryl methyl sites for hydroxylation is 1. The summed E-state index contributed by atoms with van der Waals surface area (Å²) in [6.07, 6.45) is 5.32. The summed E-state index contributed by atoms with van der Waals surface area (Å²) in [4.78, 5) is 0. The van der Waals surface area contributed by atoms with Crippen molar-refractivity contribution in [1.29, 1.82) is 0 Å². The molecule has 0 fully saturated rings. The SMILES string of the molecule is Cc1noc(-c2ccc(Br)cc2)c1/C=C\CC(C)c1ccccc1. The third-order valence-electron chi connectivity index (χ3n) is 4.16. The lowest BCUT2D eigenvalue weighted by Crippen LogP contribution is -1.90. The molecule has 0 aliphatic rings. The standard InChI is InChI=1S/C21H20BrNO/c1-15(17-8-4-3-5-9-17)7-6-10-20-16(2)23-24-21(20)18-11-13-19(22)14-12-18/h3-6,8-15H,7H2,1-2H3/b10-6-. The van der Waals surface area contributed by atoms with Crippen molar-refractivity contribution in [3.05, 3.63) is 82.0 Å². The van der Waals surface area contributed by atoms with Crippen molar-refractivity contribution in [2.75, 3.05) is 0 Å². The summed E-state index contributed by atoms with van der Waals surface area (Å²) < 4.78 is 6.60. The summed E-state index contributed by atoms with van der Waals surface area (Å²) >= 11 is 3.46. The van der Waals surface area contributed by atoms with Gasteiger partial charge < -0.3 is 4.52 Å². The minimum atomic E-state index is 0.485. The van der Waals surface area contributed by atoms with Crippen molar-refractivity contribution in [2.45, 2.75) is 26.2 Å². The molecule has 0 saturated carbocycles. The maximum Gasteiger partial charge on any atom is 0.174 e. The zero-order valence-electron chi connectivity index (χ0n) is 13.9. The number of aromatic nitrogens is 1. The minimum absolute atomic E-state index is 0.485. The molecule has 3 rings (SSSR count). The molecule has 24 heavy (non-hydrogen) atoms. The Kier molecular flexibility index (Phi) is 5.31. The molecule has 0 N–H and O–H groups in total. The van der Waals surface area contributed by atoms with Gasteiger partial charge in [-0.2, -0.15) is 0 Å². The number of rotatable bonds is 5. The first-order valence-corrected chi connectivity index (χ1v) is 8.88. The van der Waals surface area contributed by atoms with E-state index in [-0.39, 0.29) is 0 Å². The van der Waals surface area contributed by atoms with Gasteiger partial charge in [-0.25, -0.2) is 0 Å². The molecule has 0 spiro atoms. The molecule has 3 aromatic rings. The van der Waals surface area contributed by atoms with E-state index in [0.717, 1.165) is 33.5 Å². The maximum absolute atomic E-state index is 5.55. The summed E-state index contributed by atoms with van der Waals surface area (Å²) in [6, 6.07) is 18.7. The van der Waals surface area contributed by atoms with E-state index >= 15 is 0 Å². The van der Waals surface area contributed by atoms with Crippen LogP contribution in [0.1, 0.15) is 36.1 Å². The van der Waals surface area contributed by atoms with E-state index in [9.17, 15) is 0 Å². The van der Waals surface area contributed by atoms with Gasteiger partial charge in [0.2, 0.25) is 0 Å². The average molecular weight is 382 g/mol. The predicted octanol–water partition coefficient (Wildman–Crippen LogP) is 6.62. The Balaban J connectivity index is 1.78. The van der Waals surface area contributed by atoms with Crippen LogP contribution < -0.4 is 0 Å². The zero-order chi connectivity index (χ0) is 16.9. The van der Waals surface area contributed by atoms with Crippen molar-refractivity contribution >= 4 is 22.0 Å². The molecule has 0 aliphatic heterocycles. The predicted molar refractivity (Wildman–Crippen MR) is 103 cm³/mol. The monoisotopic (exact) mass is 381 g/mol. The zero-order valence-corrected chi connectivity index (χ0v) is 15.5. The van der Waals surface area contributed by atoms with Crippen LogP contribution in [-0.2, 0) is 0 Å². The van der Waals surface area contributed by atoms with Crippen LogP contribution in [0, 0.1) is 6.92 Å². The minimum Gasteiger partial charge on any atom is -0.355 e. The number of hydrogen-bond acceptors (Lipinski definition) is 2. The maximum atomic E-state index is 5.55. The van der Waals surface area contributed by atoms with Gasteiger partial charge in [-0.1, -0.05) is 70.5 Å². The largest absolute Gasteiger partial charge is 0.355 e. The number of hydrogen-bond donors (Lipinski definition) is 0. The van der Waals surface area contributed by atoms with Gasteiger partial charge in [-0.3, -0.25) is 0 Å². The van der Waals surface area contributed by atoms with Gasteiger partial charge in [0.15, 0.2) is 5.76 Å². The second-order valence-electron chi connectivity index (χ2n) is 5.97. The van der Waals surface area contributed by atoms with E-state index in [1.54, 1.807) is 0 Å². The van der Waals surface area contributed by atoms with E-state index < -0.39 is 0 Å². The molecule has 0 radical (unpaired) electrons. The molecule has 1 unspecified atom stereocenters. The molecular formula is C21H20BrNO. The summed E-state index contributed by atoms with van der Waals surface area (Å²) in [5.74, 6) is 1.31. The Morgan fingerprint density at radius 1 is 1.08 bits per heavy atom. The van der Waals surface area contributed by atoms with Crippen LogP contribution in [0.25, 0.3) is 17.4 Å². The van der Waals surface area contributed by atoms with Gasteiger partial charge in [0.05, 0.1) is 5.69 Å². The third-order valence-corrected chi connectivity index (χ3v) is 4.69. The van der Waals surface area contributed by atoms with Crippen LogP contribution in [-0.4, -0.2) is 5.16 Å². The van der Waals surface area contributed by atoms with Crippen molar-refractivity contribution in [3.8, 4) is 11.3 Å². The Labute approximate surface area is 151 Å². The highest BCUT2D eigenvalue weighted by molar-refractivity contribution is 9.10. The number of nitrogens with zero attached hydrogens (tertiary/aromatic N) is 1. The molecule has 122 valence electrons. The van der Waals surface area contributed by atoms with Gasteiger partial charge >= 0.3 is 0 Å². The highest BCUT2D eigenvalue weighted by Gasteiger charge is 2.12. The third kappa shape index (κ3) is 3.85. The molecule has 0 saturated heterocycles. The lowest BCUT2D eigenvalue weighted by molar-refractivity contribution is 0.427. The van der Waals surface area contributed by atoms with E-state index in [2.05, 4.69) is 70.5 Å². The lowest BCUT2D eigenvalue weighted by Gasteiger charge is -2.08. The number of benzene rings is 2. The summed E-state index contributed by atoms with van der Waals surface area (Å²) in [5, 5.41) is 4.13. The van der Waals surface area contributed by atoms with Crippen molar-refractivity contribution in [1.82, 2.24) is 5.16 Å². The van der Waals surface area contributed by atoms with Crippen LogP contribution in [0.3, 0.4) is 0 Å². The highest BCUT2D eigenvalue weighted by atomic mass is 79.9. The van der Waals surface area contributed by atoms with Gasteiger partial charge in [-0.15, -0.1) is 0 Å². The molecule has 0 bridgehead atoms. The molecule has 0 aliphatic carbocycles. The van der Waals surface area contributed by atoms with Gasteiger partial charge in [-0.05, 0) is 49.1 Å². The fourth-order valence-corrected chi connectivity index (χ4v) is 2.95. The molecule has 1 atom stereocenters. The van der Waals surface area contributed by atoms with E-state index in [1.165, 1.54) is 5.56 Å². The Morgan fingerprint density at radius 3 is 2.50 bits per heavy atom. The summed E-state index contributed by atoms with van der Waals surface area (Å²) in [7, 11) is 0. The fourth-order valence-electron chi connectivity index (χ4n) is 2.69. The van der Waals surface area contributed by atoms with Crippen LogP contribution in [0.4, 0.5) is 0 Å². The second kappa shape index (κ2) is 7.63. The molecule has 1 aromatic heterocycles. The second-order valence-corrected chi connectivity index (χ2v) is 6.88. The van der Waals surface area contributed by atoms with Crippen LogP contribution in [0.2, 0.25) is 0 Å². The summed E-state index contributed by atoms with van der Waals surface area (Å²) in [6.45, 7) is 4.22. The lowest BCUT2D eigenvalue weighted by atomic mass is 9.97. The smallest absolute Gasteiger partial charge is 0.174 e. The number of halogens is 1.